The Morgan fingerprint density at radius 1 is 1.50 bits per heavy atom. The number of carboxylic acids is 1. The summed E-state index contributed by atoms with van der Waals surface area (Å²) in [6.45, 7) is 6.24. The third kappa shape index (κ3) is 2.69. The number of aliphatic carboxylic acids is 1. The molecule has 0 spiro atoms. The van der Waals surface area contributed by atoms with Gasteiger partial charge in [-0.25, -0.2) is 0 Å². The van der Waals surface area contributed by atoms with Crippen LogP contribution in [-0.2, 0) is 9.53 Å². The quantitative estimate of drug-likeness (QED) is 0.817. The molecule has 1 heterocycles. The zero-order chi connectivity index (χ0) is 13.2. The van der Waals surface area contributed by atoms with Crippen molar-refractivity contribution in [1.29, 1.82) is 0 Å². The smallest absolute Gasteiger partial charge is 0.310 e. The fourth-order valence-electron chi connectivity index (χ4n) is 3.46. The lowest BCUT2D eigenvalue weighted by atomic mass is 9.84. The van der Waals surface area contributed by atoms with Crippen molar-refractivity contribution in [3.05, 3.63) is 0 Å². The van der Waals surface area contributed by atoms with E-state index in [1.165, 1.54) is 6.42 Å². The number of morpholine rings is 1. The molecule has 1 aliphatic carbocycles. The van der Waals surface area contributed by atoms with Crippen molar-refractivity contribution in [2.45, 2.75) is 58.1 Å². The van der Waals surface area contributed by atoms with E-state index in [4.69, 9.17) is 4.74 Å². The summed E-state index contributed by atoms with van der Waals surface area (Å²) < 4.78 is 5.78. The number of fused-ring (bicyclic) bond motifs is 1. The third-order valence-corrected chi connectivity index (χ3v) is 4.47. The van der Waals surface area contributed by atoms with Crippen LogP contribution in [0.5, 0.6) is 0 Å². The SMILES string of the molecule is CCCC(C)(CN1CCOC2CCCC21)C(=O)O. The number of carbonyl (C=O) groups is 1. The molecule has 2 aliphatic rings. The van der Waals surface area contributed by atoms with E-state index in [1.807, 2.05) is 6.92 Å². The van der Waals surface area contributed by atoms with E-state index in [1.54, 1.807) is 0 Å². The molecule has 1 aliphatic heterocycles. The minimum absolute atomic E-state index is 0.346. The fourth-order valence-corrected chi connectivity index (χ4v) is 3.46. The largest absolute Gasteiger partial charge is 0.481 e. The highest BCUT2D eigenvalue weighted by Gasteiger charge is 2.41. The number of carboxylic acid groups (broad SMARTS) is 1. The first-order chi connectivity index (χ1) is 8.57. The predicted octanol–water partition coefficient (Wildman–Crippen LogP) is 2.13. The van der Waals surface area contributed by atoms with Crippen molar-refractivity contribution in [3.8, 4) is 0 Å². The van der Waals surface area contributed by atoms with Gasteiger partial charge in [0, 0.05) is 19.1 Å². The normalized spacial score (nSPS) is 31.9. The highest BCUT2D eigenvalue weighted by atomic mass is 16.5. The standard InChI is InChI=1S/C14H25NO3/c1-3-7-14(2,13(16)17)10-15-8-9-18-12-6-4-5-11(12)15/h11-12H,3-10H2,1-2H3,(H,16,17). The molecule has 4 heteroatoms. The molecule has 1 N–H and O–H groups in total. The fraction of sp³-hybridized carbons (Fsp3) is 0.929. The van der Waals surface area contributed by atoms with Crippen LogP contribution in [0.2, 0.25) is 0 Å². The van der Waals surface area contributed by atoms with E-state index < -0.39 is 11.4 Å². The van der Waals surface area contributed by atoms with Gasteiger partial charge in [0.05, 0.1) is 18.1 Å². The first-order valence-electron chi connectivity index (χ1n) is 7.16. The van der Waals surface area contributed by atoms with E-state index in [9.17, 15) is 9.90 Å². The molecule has 0 radical (unpaired) electrons. The van der Waals surface area contributed by atoms with Crippen molar-refractivity contribution in [2.24, 2.45) is 5.41 Å². The van der Waals surface area contributed by atoms with Crippen LogP contribution >= 0.6 is 0 Å². The zero-order valence-electron chi connectivity index (χ0n) is 11.5. The summed E-state index contributed by atoms with van der Waals surface area (Å²) >= 11 is 0. The molecule has 2 rings (SSSR count). The Labute approximate surface area is 109 Å². The maximum absolute atomic E-state index is 11.5. The lowest BCUT2D eigenvalue weighted by Crippen LogP contribution is -2.53. The minimum atomic E-state index is -0.662. The van der Waals surface area contributed by atoms with Crippen LogP contribution < -0.4 is 0 Å². The Balaban J connectivity index is 2.04. The maximum atomic E-state index is 11.5. The van der Waals surface area contributed by atoms with Crippen LogP contribution in [-0.4, -0.2) is 47.8 Å². The van der Waals surface area contributed by atoms with Crippen molar-refractivity contribution in [1.82, 2.24) is 4.90 Å². The first kappa shape index (κ1) is 13.8. The molecule has 1 saturated heterocycles. The highest BCUT2D eigenvalue weighted by Crippen LogP contribution is 2.33. The molecule has 0 amide bonds. The van der Waals surface area contributed by atoms with Gasteiger partial charge in [0.15, 0.2) is 0 Å². The van der Waals surface area contributed by atoms with Crippen molar-refractivity contribution in [2.75, 3.05) is 19.7 Å². The molecule has 0 aromatic carbocycles. The van der Waals surface area contributed by atoms with E-state index in [0.717, 1.165) is 38.8 Å². The van der Waals surface area contributed by atoms with Gasteiger partial charge in [-0.05, 0) is 32.6 Å². The second kappa shape index (κ2) is 5.57. The van der Waals surface area contributed by atoms with Gasteiger partial charge < -0.3 is 9.84 Å². The molecular formula is C14H25NO3. The Kier molecular flexibility index (Phi) is 4.28. The van der Waals surface area contributed by atoms with Gasteiger partial charge in [-0.2, -0.15) is 0 Å². The van der Waals surface area contributed by atoms with Gasteiger partial charge in [-0.3, -0.25) is 9.69 Å². The minimum Gasteiger partial charge on any atom is -0.481 e. The van der Waals surface area contributed by atoms with Gasteiger partial charge in [-0.15, -0.1) is 0 Å². The van der Waals surface area contributed by atoms with Crippen molar-refractivity contribution >= 4 is 5.97 Å². The molecule has 0 bridgehead atoms. The molecule has 18 heavy (non-hydrogen) atoms. The van der Waals surface area contributed by atoms with E-state index in [0.29, 0.717) is 18.7 Å². The average molecular weight is 255 g/mol. The number of ether oxygens (including phenoxy) is 1. The number of rotatable bonds is 5. The molecule has 0 aromatic rings. The summed E-state index contributed by atoms with van der Waals surface area (Å²) in [4.78, 5) is 13.9. The highest BCUT2D eigenvalue weighted by molar-refractivity contribution is 5.74. The second-order valence-electron chi connectivity index (χ2n) is 5.99. The molecule has 104 valence electrons. The van der Waals surface area contributed by atoms with Gasteiger partial charge in [0.2, 0.25) is 0 Å². The van der Waals surface area contributed by atoms with Crippen molar-refractivity contribution < 1.29 is 14.6 Å². The maximum Gasteiger partial charge on any atom is 0.310 e. The van der Waals surface area contributed by atoms with E-state index in [2.05, 4.69) is 11.8 Å². The summed E-state index contributed by atoms with van der Waals surface area (Å²) in [6, 6.07) is 0.453. The van der Waals surface area contributed by atoms with Crippen LogP contribution in [0.25, 0.3) is 0 Å². The average Bonchev–Trinajstić information content (AvgIpc) is 2.78. The van der Waals surface area contributed by atoms with E-state index >= 15 is 0 Å². The summed E-state index contributed by atoms with van der Waals surface area (Å²) in [5.74, 6) is -0.662. The molecular weight excluding hydrogens is 230 g/mol. The Morgan fingerprint density at radius 3 is 2.94 bits per heavy atom. The molecule has 2 fully saturated rings. The summed E-state index contributed by atoms with van der Waals surface area (Å²) in [6.07, 6.45) is 5.52. The van der Waals surface area contributed by atoms with Crippen LogP contribution in [0.4, 0.5) is 0 Å². The Bertz CT molecular complexity index is 307. The van der Waals surface area contributed by atoms with Crippen LogP contribution in [0, 0.1) is 5.41 Å². The summed E-state index contributed by atoms with van der Waals surface area (Å²) in [5, 5.41) is 9.48. The lowest BCUT2D eigenvalue weighted by Gasteiger charge is -2.41. The molecule has 4 nitrogen and oxygen atoms in total. The third-order valence-electron chi connectivity index (χ3n) is 4.47. The number of hydrogen-bond acceptors (Lipinski definition) is 3. The lowest BCUT2D eigenvalue weighted by molar-refractivity contribution is -0.152. The number of hydrogen-bond donors (Lipinski definition) is 1. The zero-order valence-corrected chi connectivity index (χ0v) is 11.5. The summed E-state index contributed by atoms with van der Waals surface area (Å²) in [5.41, 5.74) is -0.612. The van der Waals surface area contributed by atoms with E-state index in [-0.39, 0.29) is 0 Å². The molecule has 1 saturated carbocycles. The van der Waals surface area contributed by atoms with Gasteiger partial charge in [0.1, 0.15) is 0 Å². The monoisotopic (exact) mass is 255 g/mol. The number of nitrogens with zero attached hydrogens (tertiary/aromatic N) is 1. The van der Waals surface area contributed by atoms with Gasteiger partial charge in [-0.1, -0.05) is 13.3 Å². The van der Waals surface area contributed by atoms with Crippen LogP contribution in [0.3, 0.4) is 0 Å². The summed E-state index contributed by atoms with van der Waals surface area (Å²) in [7, 11) is 0. The molecule has 0 aromatic heterocycles. The Morgan fingerprint density at radius 2 is 2.28 bits per heavy atom. The second-order valence-corrected chi connectivity index (χ2v) is 5.99. The van der Waals surface area contributed by atoms with Gasteiger partial charge in [0.25, 0.3) is 0 Å². The van der Waals surface area contributed by atoms with Crippen molar-refractivity contribution in [3.63, 3.8) is 0 Å². The molecule has 3 unspecified atom stereocenters. The predicted molar refractivity (Wildman–Crippen MR) is 69.6 cm³/mol. The van der Waals surface area contributed by atoms with Crippen LogP contribution in [0.1, 0.15) is 46.0 Å². The van der Waals surface area contributed by atoms with Gasteiger partial charge >= 0.3 is 5.97 Å². The molecule has 3 atom stereocenters. The van der Waals surface area contributed by atoms with Crippen LogP contribution in [0.15, 0.2) is 0 Å². The first-order valence-corrected chi connectivity index (χ1v) is 7.16. The Hall–Kier alpha value is -0.610. The topological polar surface area (TPSA) is 49.8 Å².